The van der Waals surface area contributed by atoms with Crippen LogP contribution in [-0.4, -0.2) is 25.0 Å². The molecule has 0 bridgehead atoms. The van der Waals surface area contributed by atoms with Crippen LogP contribution >= 0.6 is 0 Å². The quantitative estimate of drug-likeness (QED) is 0.774. The van der Waals surface area contributed by atoms with E-state index in [-0.39, 0.29) is 5.76 Å². The smallest absolute Gasteiger partial charge is 0.374 e. The van der Waals surface area contributed by atoms with E-state index < -0.39 is 5.97 Å². The molecule has 0 aliphatic carbocycles. The molecule has 19 heavy (non-hydrogen) atoms. The molecule has 2 rings (SSSR count). The third-order valence-electron chi connectivity index (χ3n) is 2.85. The van der Waals surface area contributed by atoms with E-state index in [0.717, 1.165) is 12.1 Å². The molecule has 1 aromatic carbocycles. The molecule has 0 radical (unpaired) electrons. The fraction of sp³-hybridized carbons (Fsp3) is 0.267. The SMILES string of the molecule is COC(=O)c1occc1CN(C)Cc1ccccc1. The highest BCUT2D eigenvalue weighted by Crippen LogP contribution is 2.15. The molecule has 1 heterocycles. The number of carbonyl (C=O) groups is 1. The van der Waals surface area contributed by atoms with Crippen LogP contribution in [0.3, 0.4) is 0 Å². The first-order chi connectivity index (χ1) is 9.20. The van der Waals surface area contributed by atoms with Crippen molar-refractivity contribution in [1.82, 2.24) is 4.90 Å². The van der Waals surface area contributed by atoms with Gasteiger partial charge < -0.3 is 9.15 Å². The minimum atomic E-state index is -0.437. The maximum absolute atomic E-state index is 11.5. The van der Waals surface area contributed by atoms with Crippen molar-refractivity contribution >= 4 is 5.97 Å². The summed E-state index contributed by atoms with van der Waals surface area (Å²) in [5, 5.41) is 0. The van der Waals surface area contributed by atoms with Gasteiger partial charge >= 0.3 is 5.97 Å². The van der Waals surface area contributed by atoms with Crippen LogP contribution in [0.5, 0.6) is 0 Å². The second-order valence-corrected chi connectivity index (χ2v) is 4.42. The van der Waals surface area contributed by atoms with Gasteiger partial charge in [-0.05, 0) is 18.7 Å². The molecule has 0 N–H and O–H groups in total. The van der Waals surface area contributed by atoms with E-state index in [2.05, 4.69) is 21.8 Å². The maximum Gasteiger partial charge on any atom is 0.374 e. The van der Waals surface area contributed by atoms with Crippen molar-refractivity contribution in [2.45, 2.75) is 13.1 Å². The lowest BCUT2D eigenvalue weighted by atomic mass is 10.2. The van der Waals surface area contributed by atoms with Gasteiger partial charge in [0.05, 0.1) is 13.4 Å². The van der Waals surface area contributed by atoms with Crippen LogP contribution in [0.2, 0.25) is 0 Å². The van der Waals surface area contributed by atoms with Gasteiger partial charge in [0, 0.05) is 18.7 Å². The molecule has 0 saturated carbocycles. The van der Waals surface area contributed by atoms with Crippen LogP contribution in [0.15, 0.2) is 47.1 Å². The summed E-state index contributed by atoms with van der Waals surface area (Å²) in [5.41, 5.74) is 2.07. The van der Waals surface area contributed by atoms with Gasteiger partial charge in [0.15, 0.2) is 0 Å². The van der Waals surface area contributed by atoms with Crippen molar-refractivity contribution in [2.75, 3.05) is 14.2 Å². The lowest BCUT2D eigenvalue weighted by Crippen LogP contribution is -2.18. The van der Waals surface area contributed by atoms with Gasteiger partial charge in [0.25, 0.3) is 0 Å². The summed E-state index contributed by atoms with van der Waals surface area (Å²) in [5.74, 6) is -0.157. The molecule has 0 unspecified atom stereocenters. The summed E-state index contributed by atoms with van der Waals surface area (Å²) >= 11 is 0. The lowest BCUT2D eigenvalue weighted by molar-refractivity contribution is 0.0562. The van der Waals surface area contributed by atoms with Gasteiger partial charge in [-0.1, -0.05) is 30.3 Å². The van der Waals surface area contributed by atoms with E-state index in [9.17, 15) is 4.79 Å². The highest BCUT2D eigenvalue weighted by atomic mass is 16.5. The van der Waals surface area contributed by atoms with Gasteiger partial charge in [-0.2, -0.15) is 0 Å². The number of methoxy groups -OCH3 is 1. The highest BCUT2D eigenvalue weighted by molar-refractivity contribution is 5.87. The first-order valence-corrected chi connectivity index (χ1v) is 6.08. The Labute approximate surface area is 112 Å². The molecule has 2 aromatic rings. The third kappa shape index (κ3) is 3.45. The van der Waals surface area contributed by atoms with Crippen molar-refractivity contribution in [1.29, 1.82) is 0 Å². The first kappa shape index (κ1) is 13.4. The number of rotatable bonds is 5. The van der Waals surface area contributed by atoms with Crippen LogP contribution in [0, 0.1) is 0 Å². The number of hydrogen-bond acceptors (Lipinski definition) is 4. The number of esters is 1. The second kappa shape index (κ2) is 6.20. The number of nitrogens with zero attached hydrogens (tertiary/aromatic N) is 1. The molecule has 0 aliphatic rings. The molecule has 0 aliphatic heterocycles. The Kier molecular flexibility index (Phi) is 4.36. The molecule has 4 nitrogen and oxygen atoms in total. The molecule has 100 valence electrons. The summed E-state index contributed by atoms with van der Waals surface area (Å²) in [6.07, 6.45) is 1.51. The standard InChI is InChI=1S/C15H17NO3/c1-16(10-12-6-4-3-5-7-12)11-13-8-9-19-14(13)15(17)18-2/h3-9H,10-11H2,1-2H3. The molecular formula is C15H17NO3. The minimum Gasteiger partial charge on any atom is -0.463 e. The number of benzene rings is 1. The van der Waals surface area contributed by atoms with E-state index >= 15 is 0 Å². The van der Waals surface area contributed by atoms with Crippen molar-refractivity contribution in [3.8, 4) is 0 Å². The molecule has 0 saturated heterocycles. The van der Waals surface area contributed by atoms with Crippen LogP contribution in [0.1, 0.15) is 21.7 Å². The Morgan fingerprint density at radius 2 is 1.95 bits per heavy atom. The molecule has 1 aromatic heterocycles. The van der Waals surface area contributed by atoms with Gasteiger partial charge in [-0.15, -0.1) is 0 Å². The minimum absolute atomic E-state index is 0.280. The third-order valence-corrected chi connectivity index (χ3v) is 2.85. The lowest BCUT2D eigenvalue weighted by Gasteiger charge is -2.16. The average molecular weight is 259 g/mol. The zero-order chi connectivity index (χ0) is 13.7. The van der Waals surface area contributed by atoms with Gasteiger partial charge in [0.2, 0.25) is 5.76 Å². The maximum atomic E-state index is 11.5. The number of hydrogen-bond donors (Lipinski definition) is 0. The van der Waals surface area contributed by atoms with Crippen LogP contribution in [-0.2, 0) is 17.8 Å². The Balaban J connectivity index is 2.01. The molecule has 0 amide bonds. The first-order valence-electron chi connectivity index (χ1n) is 6.08. The molecule has 0 spiro atoms. The Hall–Kier alpha value is -2.07. The van der Waals surface area contributed by atoms with Gasteiger partial charge in [-0.25, -0.2) is 4.79 Å². The monoisotopic (exact) mass is 259 g/mol. The van der Waals surface area contributed by atoms with E-state index in [1.54, 1.807) is 6.07 Å². The van der Waals surface area contributed by atoms with Crippen LogP contribution in [0.4, 0.5) is 0 Å². The van der Waals surface area contributed by atoms with Crippen LogP contribution in [0.25, 0.3) is 0 Å². The molecule has 4 heteroatoms. The Bertz CT molecular complexity index is 533. The summed E-state index contributed by atoms with van der Waals surface area (Å²) in [6, 6.07) is 12.0. The van der Waals surface area contributed by atoms with Crippen molar-refractivity contribution < 1.29 is 13.9 Å². The zero-order valence-corrected chi connectivity index (χ0v) is 11.1. The molecule has 0 fully saturated rings. The van der Waals surface area contributed by atoms with Crippen molar-refractivity contribution in [2.24, 2.45) is 0 Å². The predicted molar refractivity (Wildman–Crippen MR) is 71.7 cm³/mol. The average Bonchev–Trinajstić information content (AvgIpc) is 2.87. The summed E-state index contributed by atoms with van der Waals surface area (Å²) in [7, 11) is 3.35. The fourth-order valence-electron chi connectivity index (χ4n) is 1.97. The highest BCUT2D eigenvalue weighted by Gasteiger charge is 2.16. The summed E-state index contributed by atoms with van der Waals surface area (Å²) in [6.45, 7) is 1.45. The molecule has 0 atom stereocenters. The fourth-order valence-corrected chi connectivity index (χ4v) is 1.97. The zero-order valence-electron chi connectivity index (χ0n) is 11.1. The normalized spacial score (nSPS) is 10.7. The number of furan rings is 1. The Morgan fingerprint density at radius 3 is 2.63 bits per heavy atom. The van der Waals surface area contributed by atoms with E-state index in [4.69, 9.17) is 4.42 Å². The van der Waals surface area contributed by atoms with E-state index in [1.165, 1.54) is 18.9 Å². The summed E-state index contributed by atoms with van der Waals surface area (Å²) in [4.78, 5) is 13.6. The van der Waals surface area contributed by atoms with E-state index in [1.807, 2.05) is 25.2 Å². The van der Waals surface area contributed by atoms with Gasteiger partial charge in [0.1, 0.15) is 0 Å². The summed E-state index contributed by atoms with van der Waals surface area (Å²) < 4.78 is 9.85. The molecular weight excluding hydrogens is 242 g/mol. The van der Waals surface area contributed by atoms with Crippen molar-refractivity contribution in [3.63, 3.8) is 0 Å². The van der Waals surface area contributed by atoms with Crippen molar-refractivity contribution in [3.05, 3.63) is 59.5 Å². The Morgan fingerprint density at radius 1 is 1.21 bits per heavy atom. The van der Waals surface area contributed by atoms with Crippen LogP contribution < -0.4 is 0 Å². The predicted octanol–water partition coefficient (Wildman–Crippen LogP) is 2.70. The van der Waals surface area contributed by atoms with Gasteiger partial charge in [-0.3, -0.25) is 4.90 Å². The number of carbonyl (C=O) groups excluding carboxylic acids is 1. The topological polar surface area (TPSA) is 42.7 Å². The second-order valence-electron chi connectivity index (χ2n) is 4.42. The largest absolute Gasteiger partial charge is 0.463 e. The van der Waals surface area contributed by atoms with E-state index in [0.29, 0.717) is 6.54 Å². The number of ether oxygens (including phenoxy) is 1.